The second kappa shape index (κ2) is 7.56. The van der Waals surface area contributed by atoms with Gasteiger partial charge in [0.1, 0.15) is 0 Å². The Hall–Kier alpha value is -2.66. The van der Waals surface area contributed by atoms with Crippen molar-refractivity contribution in [1.29, 1.82) is 0 Å². The average Bonchev–Trinajstić information content (AvgIpc) is 2.54. The first-order chi connectivity index (χ1) is 11.0. The molecule has 0 spiro atoms. The molecule has 2 aromatic rings. The highest BCUT2D eigenvalue weighted by molar-refractivity contribution is 6.31. The largest absolute Gasteiger partial charge is 0.347 e. The molecule has 0 radical (unpaired) electrons. The number of hydrogen-bond acceptors (Lipinski definition) is 3. The molecule has 23 heavy (non-hydrogen) atoms. The molecule has 2 amide bonds. The fourth-order valence-electron chi connectivity index (χ4n) is 1.96. The zero-order chi connectivity index (χ0) is 16.8. The van der Waals surface area contributed by atoms with Crippen molar-refractivity contribution in [3.63, 3.8) is 0 Å². The number of carbonyl (C=O) groups is 3. The van der Waals surface area contributed by atoms with E-state index in [1.165, 1.54) is 13.0 Å². The fourth-order valence-corrected chi connectivity index (χ4v) is 2.13. The summed E-state index contributed by atoms with van der Waals surface area (Å²) in [5.41, 5.74) is 1.13. The molecule has 0 atom stereocenters. The maximum Gasteiger partial charge on any atom is 0.243 e. The molecule has 118 valence electrons. The van der Waals surface area contributed by atoms with E-state index in [-0.39, 0.29) is 18.2 Å². The SMILES string of the molecule is CC(=O)NCC(=O)Nc1ccc(Cl)cc1C(=O)c1ccccc1. The van der Waals surface area contributed by atoms with Gasteiger partial charge in [-0.3, -0.25) is 14.4 Å². The van der Waals surface area contributed by atoms with Crippen molar-refractivity contribution in [3.8, 4) is 0 Å². The number of nitrogens with one attached hydrogen (secondary N) is 2. The predicted molar refractivity (Wildman–Crippen MR) is 88.6 cm³/mol. The third kappa shape index (κ3) is 4.66. The second-order valence-electron chi connectivity index (χ2n) is 4.84. The molecule has 0 aromatic heterocycles. The second-order valence-corrected chi connectivity index (χ2v) is 5.28. The number of anilines is 1. The smallest absolute Gasteiger partial charge is 0.243 e. The lowest BCUT2D eigenvalue weighted by Crippen LogP contribution is -2.31. The minimum Gasteiger partial charge on any atom is -0.347 e. The summed E-state index contributed by atoms with van der Waals surface area (Å²) in [7, 11) is 0. The molecule has 2 aromatic carbocycles. The predicted octanol–water partition coefficient (Wildman–Crippen LogP) is 2.65. The zero-order valence-corrected chi connectivity index (χ0v) is 13.2. The van der Waals surface area contributed by atoms with Crippen molar-refractivity contribution in [3.05, 3.63) is 64.7 Å². The summed E-state index contributed by atoms with van der Waals surface area (Å²) in [6, 6.07) is 13.3. The molecule has 0 aliphatic heterocycles. The number of carbonyl (C=O) groups excluding carboxylic acids is 3. The van der Waals surface area contributed by atoms with Gasteiger partial charge in [-0.1, -0.05) is 41.9 Å². The first kappa shape index (κ1) is 16.7. The maximum atomic E-state index is 12.6. The number of amides is 2. The highest BCUT2D eigenvalue weighted by atomic mass is 35.5. The monoisotopic (exact) mass is 330 g/mol. The van der Waals surface area contributed by atoms with E-state index in [1.807, 2.05) is 6.07 Å². The number of rotatable bonds is 5. The van der Waals surface area contributed by atoms with Crippen molar-refractivity contribution < 1.29 is 14.4 Å². The lowest BCUT2D eigenvalue weighted by Gasteiger charge is -2.11. The Bertz CT molecular complexity index is 745. The van der Waals surface area contributed by atoms with Gasteiger partial charge in [-0.15, -0.1) is 0 Å². The van der Waals surface area contributed by atoms with Crippen LogP contribution in [0, 0.1) is 0 Å². The molecule has 0 saturated carbocycles. The molecule has 0 heterocycles. The van der Waals surface area contributed by atoms with Crippen LogP contribution in [0.4, 0.5) is 5.69 Å². The number of hydrogen-bond donors (Lipinski definition) is 2. The first-order valence-corrected chi connectivity index (χ1v) is 7.29. The Morgan fingerprint density at radius 3 is 2.39 bits per heavy atom. The van der Waals surface area contributed by atoms with E-state index in [0.29, 0.717) is 21.8 Å². The van der Waals surface area contributed by atoms with Crippen LogP contribution >= 0.6 is 11.6 Å². The van der Waals surface area contributed by atoms with Gasteiger partial charge in [0.15, 0.2) is 5.78 Å². The van der Waals surface area contributed by atoms with Gasteiger partial charge in [0.2, 0.25) is 11.8 Å². The summed E-state index contributed by atoms with van der Waals surface area (Å²) < 4.78 is 0. The Morgan fingerprint density at radius 1 is 1.04 bits per heavy atom. The average molecular weight is 331 g/mol. The number of halogens is 1. The number of benzene rings is 2. The van der Waals surface area contributed by atoms with E-state index >= 15 is 0 Å². The molecule has 0 unspecified atom stereocenters. The van der Waals surface area contributed by atoms with Gasteiger partial charge in [-0.2, -0.15) is 0 Å². The quantitative estimate of drug-likeness (QED) is 0.827. The third-order valence-electron chi connectivity index (χ3n) is 3.03. The third-order valence-corrected chi connectivity index (χ3v) is 3.27. The fraction of sp³-hybridized carbons (Fsp3) is 0.118. The summed E-state index contributed by atoms with van der Waals surface area (Å²) in [6.07, 6.45) is 0. The van der Waals surface area contributed by atoms with Gasteiger partial charge in [0, 0.05) is 23.1 Å². The van der Waals surface area contributed by atoms with Crippen LogP contribution in [0.15, 0.2) is 48.5 Å². The van der Waals surface area contributed by atoms with Crippen LogP contribution in [0.5, 0.6) is 0 Å². The molecule has 0 aliphatic rings. The zero-order valence-electron chi connectivity index (χ0n) is 12.4. The molecule has 0 aliphatic carbocycles. The van der Waals surface area contributed by atoms with E-state index in [9.17, 15) is 14.4 Å². The Kier molecular flexibility index (Phi) is 5.49. The molecule has 2 rings (SSSR count). The molecule has 5 nitrogen and oxygen atoms in total. The van der Waals surface area contributed by atoms with Crippen LogP contribution < -0.4 is 10.6 Å². The van der Waals surface area contributed by atoms with Crippen molar-refractivity contribution in [2.45, 2.75) is 6.92 Å². The molecule has 6 heteroatoms. The highest BCUT2D eigenvalue weighted by Gasteiger charge is 2.16. The first-order valence-electron chi connectivity index (χ1n) is 6.91. The van der Waals surface area contributed by atoms with E-state index in [0.717, 1.165) is 0 Å². The summed E-state index contributed by atoms with van der Waals surface area (Å²) in [4.78, 5) is 35.3. The Labute approximate surface area is 138 Å². The minimum absolute atomic E-state index is 0.170. The van der Waals surface area contributed by atoms with E-state index in [2.05, 4.69) is 10.6 Å². The standard InChI is InChI=1S/C17H15ClN2O3/c1-11(21)19-10-16(22)20-15-8-7-13(18)9-14(15)17(23)12-5-3-2-4-6-12/h2-9H,10H2,1H3,(H,19,21)(H,20,22). The van der Waals surface area contributed by atoms with Crippen molar-refractivity contribution in [2.75, 3.05) is 11.9 Å². The molecule has 0 fully saturated rings. The van der Waals surface area contributed by atoms with Crippen LogP contribution in [0.3, 0.4) is 0 Å². The summed E-state index contributed by atoms with van der Waals surface area (Å²) in [5.74, 6) is -0.982. The molecule has 2 N–H and O–H groups in total. The lowest BCUT2D eigenvalue weighted by molar-refractivity contribution is -0.122. The lowest BCUT2D eigenvalue weighted by atomic mass is 10.0. The summed E-state index contributed by atoms with van der Waals surface area (Å²) in [6.45, 7) is 1.15. The normalized spacial score (nSPS) is 10.0. The summed E-state index contributed by atoms with van der Waals surface area (Å²) >= 11 is 5.97. The summed E-state index contributed by atoms with van der Waals surface area (Å²) in [5, 5.41) is 5.40. The van der Waals surface area contributed by atoms with E-state index in [4.69, 9.17) is 11.6 Å². The topological polar surface area (TPSA) is 75.3 Å². The van der Waals surface area contributed by atoms with E-state index in [1.54, 1.807) is 36.4 Å². The van der Waals surface area contributed by atoms with Gasteiger partial charge in [-0.05, 0) is 18.2 Å². The van der Waals surface area contributed by atoms with Crippen LogP contribution in [-0.4, -0.2) is 24.1 Å². The van der Waals surface area contributed by atoms with Crippen LogP contribution in [0.25, 0.3) is 0 Å². The molecule has 0 bridgehead atoms. The van der Waals surface area contributed by atoms with Crippen molar-refractivity contribution in [1.82, 2.24) is 5.32 Å². The number of ketones is 1. The van der Waals surface area contributed by atoms with Crippen LogP contribution in [0.2, 0.25) is 5.02 Å². The highest BCUT2D eigenvalue weighted by Crippen LogP contribution is 2.23. The van der Waals surface area contributed by atoms with Crippen molar-refractivity contribution in [2.24, 2.45) is 0 Å². The van der Waals surface area contributed by atoms with Gasteiger partial charge in [-0.25, -0.2) is 0 Å². The molecular formula is C17H15ClN2O3. The Balaban J connectivity index is 2.26. The minimum atomic E-state index is -0.426. The molecule has 0 saturated heterocycles. The molecular weight excluding hydrogens is 316 g/mol. The Morgan fingerprint density at radius 2 is 1.74 bits per heavy atom. The van der Waals surface area contributed by atoms with Crippen LogP contribution in [-0.2, 0) is 9.59 Å². The van der Waals surface area contributed by atoms with E-state index < -0.39 is 5.91 Å². The van der Waals surface area contributed by atoms with Gasteiger partial charge >= 0.3 is 0 Å². The van der Waals surface area contributed by atoms with Gasteiger partial charge < -0.3 is 10.6 Å². The van der Waals surface area contributed by atoms with Gasteiger partial charge in [0.25, 0.3) is 0 Å². The maximum absolute atomic E-state index is 12.6. The van der Waals surface area contributed by atoms with Crippen LogP contribution in [0.1, 0.15) is 22.8 Å². The van der Waals surface area contributed by atoms with Gasteiger partial charge in [0.05, 0.1) is 12.2 Å². The van der Waals surface area contributed by atoms with Crippen molar-refractivity contribution >= 4 is 34.9 Å².